The Balaban J connectivity index is 1.62. The van der Waals surface area contributed by atoms with Crippen molar-refractivity contribution in [2.45, 2.75) is 20.8 Å². The van der Waals surface area contributed by atoms with Gasteiger partial charge < -0.3 is 0 Å². The Morgan fingerprint density at radius 3 is 1.44 bits per heavy atom. The fourth-order valence-corrected chi connectivity index (χ4v) is 6.76. The van der Waals surface area contributed by atoms with E-state index in [1.807, 2.05) is 106 Å². The lowest BCUT2D eigenvalue weighted by molar-refractivity contribution is -0.133. The first kappa shape index (κ1) is 20.8. The molecule has 4 unspecified atom stereocenters. The number of rotatable bonds is 3. The van der Waals surface area contributed by atoms with Gasteiger partial charge in [0, 0.05) is 0 Å². The van der Waals surface area contributed by atoms with Crippen LogP contribution in [-0.4, -0.2) is 17.6 Å². The van der Waals surface area contributed by atoms with Crippen LogP contribution in [0.25, 0.3) is 11.1 Å². The average Bonchev–Trinajstić information content (AvgIpc) is 3.30. The summed E-state index contributed by atoms with van der Waals surface area (Å²) in [5.74, 6) is -2.03. The van der Waals surface area contributed by atoms with Gasteiger partial charge in [-0.25, -0.2) is 4.90 Å². The Hall–Kier alpha value is -3.79. The topological polar surface area (TPSA) is 54.5 Å². The van der Waals surface area contributed by atoms with Gasteiger partial charge in [0.15, 0.2) is 5.78 Å². The molecule has 168 valence electrons. The molecular weight excluding hydrogens is 422 g/mol. The van der Waals surface area contributed by atoms with Gasteiger partial charge in [0.25, 0.3) is 0 Å². The molecule has 2 bridgehead atoms. The van der Waals surface area contributed by atoms with Gasteiger partial charge >= 0.3 is 0 Å². The molecule has 4 heteroatoms. The molecule has 34 heavy (non-hydrogen) atoms. The van der Waals surface area contributed by atoms with Crippen LogP contribution in [0, 0.1) is 29.6 Å². The summed E-state index contributed by atoms with van der Waals surface area (Å²) >= 11 is 0. The highest BCUT2D eigenvalue weighted by Crippen LogP contribution is 2.73. The minimum atomic E-state index is -1.09. The number of carbonyl (C=O) groups excluding carboxylic acids is 3. The second-order valence-electron chi connectivity index (χ2n) is 10.0. The Morgan fingerprint density at radius 1 is 0.618 bits per heavy atom. The molecule has 3 aromatic carbocycles. The molecule has 0 spiro atoms. The standard InChI is InChI=1S/C30H25NO3/c1-18-14-16-21(17-15-18)31-26(32)24-25(27(31)33)30(3)23(20-12-8-5-9-13-20)22(29(24,2)28(30)34)19-10-6-4-7-11-19/h4-17,24-25H,1-3H3. The van der Waals surface area contributed by atoms with Crippen LogP contribution in [0.2, 0.25) is 0 Å². The van der Waals surface area contributed by atoms with Crippen molar-refractivity contribution in [3.63, 3.8) is 0 Å². The minimum absolute atomic E-state index is 0.0297. The number of imide groups is 1. The Labute approximate surface area is 198 Å². The molecule has 0 N–H and O–H groups in total. The largest absolute Gasteiger partial charge is 0.298 e. The number of aryl methyl sites for hydroxylation is 1. The third-order valence-electron chi connectivity index (χ3n) is 8.20. The van der Waals surface area contributed by atoms with Crippen LogP contribution in [0.3, 0.4) is 0 Å². The normalized spacial score (nSPS) is 29.9. The highest BCUT2D eigenvalue weighted by Gasteiger charge is 2.78. The fraction of sp³-hybridized carbons (Fsp3) is 0.233. The zero-order valence-corrected chi connectivity index (χ0v) is 19.4. The number of benzene rings is 3. The molecule has 2 fully saturated rings. The van der Waals surface area contributed by atoms with E-state index in [1.54, 1.807) is 0 Å². The summed E-state index contributed by atoms with van der Waals surface area (Å²) in [4.78, 5) is 43.4. The van der Waals surface area contributed by atoms with E-state index in [2.05, 4.69) is 0 Å². The fourth-order valence-electron chi connectivity index (χ4n) is 6.76. The van der Waals surface area contributed by atoms with E-state index >= 15 is 0 Å². The number of hydrogen-bond acceptors (Lipinski definition) is 3. The number of amides is 2. The number of hydrogen-bond donors (Lipinski definition) is 0. The maximum absolute atomic E-state index is 14.2. The van der Waals surface area contributed by atoms with E-state index in [0.29, 0.717) is 5.69 Å². The maximum atomic E-state index is 14.2. The molecule has 1 heterocycles. The first-order valence-corrected chi connectivity index (χ1v) is 11.7. The highest BCUT2D eigenvalue weighted by atomic mass is 16.2. The summed E-state index contributed by atoms with van der Waals surface area (Å²) in [6, 6.07) is 27.1. The van der Waals surface area contributed by atoms with Crippen LogP contribution in [0.15, 0.2) is 84.9 Å². The number of Topliss-reactive ketones (excluding diaryl/α,β-unsaturated/α-hetero) is 1. The van der Waals surface area contributed by atoms with Gasteiger partial charge in [-0.05, 0) is 55.2 Å². The monoisotopic (exact) mass is 447 g/mol. The minimum Gasteiger partial charge on any atom is -0.298 e. The number of ketones is 1. The summed E-state index contributed by atoms with van der Waals surface area (Å²) in [5.41, 5.74) is 3.05. The van der Waals surface area contributed by atoms with Gasteiger partial charge in [0.05, 0.1) is 28.4 Å². The first-order chi connectivity index (χ1) is 16.3. The van der Waals surface area contributed by atoms with E-state index in [4.69, 9.17) is 0 Å². The van der Waals surface area contributed by atoms with Gasteiger partial charge in [-0.15, -0.1) is 0 Å². The molecular formula is C30H25NO3. The van der Waals surface area contributed by atoms with Crippen LogP contribution in [-0.2, 0) is 14.4 Å². The van der Waals surface area contributed by atoms with Crippen LogP contribution < -0.4 is 4.90 Å². The summed E-state index contributed by atoms with van der Waals surface area (Å²) < 4.78 is 0. The predicted molar refractivity (Wildman–Crippen MR) is 132 cm³/mol. The quantitative estimate of drug-likeness (QED) is 0.511. The zero-order chi connectivity index (χ0) is 23.8. The molecule has 2 aliphatic carbocycles. The zero-order valence-electron chi connectivity index (χ0n) is 19.4. The second kappa shape index (κ2) is 6.86. The number of allylic oxidation sites excluding steroid dienone is 2. The maximum Gasteiger partial charge on any atom is 0.239 e. The van der Waals surface area contributed by atoms with E-state index in [1.165, 1.54) is 4.90 Å². The molecule has 2 amide bonds. The van der Waals surface area contributed by atoms with Crippen LogP contribution in [0.1, 0.15) is 30.5 Å². The molecule has 1 saturated heterocycles. The SMILES string of the molecule is Cc1ccc(N2C(=O)C3C(C2=O)C2(C)C(=O)C3(C)C(c3ccccc3)=C2c2ccccc2)cc1. The molecule has 4 atom stereocenters. The van der Waals surface area contributed by atoms with Gasteiger partial charge in [-0.2, -0.15) is 0 Å². The molecule has 6 rings (SSSR count). The van der Waals surface area contributed by atoms with Crippen molar-refractivity contribution in [3.05, 3.63) is 102 Å². The van der Waals surface area contributed by atoms with Crippen molar-refractivity contribution in [2.24, 2.45) is 22.7 Å². The van der Waals surface area contributed by atoms with E-state index in [0.717, 1.165) is 27.8 Å². The summed E-state index contributed by atoms with van der Waals surface area (Å²) in [6.07, 6.45) is 0. The summed E-state index contributed by atoms with van der Waals surface area (Å²) in [5, 5.41) is 0. The van der Waals surface area contributed by atoms with E-state index in [-0.39, 0.29) is 17.6 Å². The van der Waals surface area contributed by atoms with Crippen LogP contribution >= 0.6 is 0 Å². The van der Waals surface area contributed by atoms with Gasteiger partial charge in [0.2, 0.25) is 11.8 Å². The first-order valence-electron chi connectivity index (χ1n) is 11.7. The van der Waals surface area contributed by atoms with Crippen molar-refractivity contribution in [3.8, 4) is 0 Å². The molecule has 0 radical (unpaired) electrons. The van der Waals surface area contributed by atoms with Gasteiger partial charge in [-0.3, -0.25) is 14.4 Å². The summed E-state index contributed by atoms with van der Waals surface area (Å²) in [6.45, 7) is 5.72. The van der Waals surface area contributed by atoms with Gasteiger partial charge in [-0.1, -0.05) is 78.4 Å². The molecule has 4 nitrogen and oxygen atoms in total. The lowest BCUT2D eigenvalue weighted by atomic mass is 9.63. The summed E-state index contributed by atoms with van der Waals surface area (Å²) in [7, 11) is 0. The van der Waals surface area contributed by atoms with E-state index < -0.39 is 22.7 Å². The highest BCUT2D eigenvalue weighted by molar-refractivity contribution is 6.34. The van der Waals surface area contributed by atoms with Crippen LogP contribution in [0.4, 0.5) is 5.69 Å². The molecule has 1 aliphatic heterocycles. The number of fused-ring (bicyclic) bond motifs is 5. The number of nitrogens with zero attached hydrogens (tertiary/aromatic N) is 1. The third kappa shape index (κ3) is 2.35. The van der Waals surface area contributed by atoms with Crippen molar-refractivity contribution < 1.29 is 14.4 Å². The smallest absolute Gasteiger partial charge is 0.239 e. The van der Waals surface area contributed by atoms with Gasteiger partial charge in [0.1, 0.15) is 0 Å². The Morgan fingerprint density at radius 2 is 1.03 bits per heavy atom. The molecule has 0 aromatic heterocycles. The third-order valence-corrected chi connectivity index (χ3v) is 8.20. The average molecular weight is 448 g/mol. The molecule has 3 aliphatic rings. The Kier molecular flexibility index (Phi) is 4.20. The second-order valence-corrected chi connectivity index (χ2v) is 10.0. The lowest BCUT2D eigenvalue weighted by Gasteiger charge is -2.35. The van der Waals surface area contributed by atoms with Crippen molar-refractivity contribution in [2.75, 3.05) is 4.90 Å². The van der Waals surface area contributed by atoms with Crippen molar-refractivity contribution in [1.82, 2.24) is 0 Å². The predicted octanol–water partition coefficient (Wildman–Crippen LogP) is 5.32. The number of anilines is 1. The van der Waals surface area contributed by atoms with Crippen LogP contribution in [0.5, 0.6) is 0 Å². The molecule has 1 saturated carbocycles. The Bertz CT molecular complexity index is 1310. The van der Waals surface area contributed by atoms with E-state index in [9.17, 15) is 14.4 Å². The number of carbonyl (C=O) groups is 3. The molecule has 3 aromatic rings. The van der Waals surface area contributed by atoms with Crippen molar-refractivity contribution >= 4 is 34.4 Å². The lowest BCUT2D eigenvalue weighted by Crippen LogP contribution is -2.40. The van der Waals surface area contributed by atoms with Crippen molar-refractivity contribution in [1.29, 1.82) is 0 Å².